The van der Waals surface area contributed by atoms with E-state index < -0.39 is 0 Å². The van der Waals surface area contributed by atoms with Crippen LogP contribution in [-0.2, 0) is 11.4 Å². The van der Waals surface area contributed by atoms with Gasteiger partial charge in [0, 0.05) is 5.56 Å². The van der Waals surface area contributed by atoms with E-state index in [2.05, 4.69) is 11.8 Å². The highest BCUT2D eigenvalue weighted by atomic mass is 16.6. The van der Waals surface area contributed by atoms with Gasteiger partial charge in [0.1, 0.15) is 5.75 Å². The monoisotopic (exact) mass is 195 g/mol. The summed E-state index contributed by atoms with van der Waals surface area (Å²) in [6, 6.07) is 4.03. The van der Waals surface area contributed by atoms with Gasteiger partial charge in [0.2, 0.25) is 0 Å². The quantitative estimate of drug-likeness (QED) is 0.748. The highest BCUT2D eigenvalue weighted by Crippen LogP contribution is 2.26. The van der Waals surface area contributed by atoms with Gasteiger partial charge in [0.15, 0.2) is 0 Å². The molecule has 0 amide bonds. The van der Waals surface area contributed by atoms with Crippen molar-refractivity contribution in [2.75, 3.05) is 6.61 Å². The number of hydrogen-bond acceptors (Lipinski definition) is 3. The van der Waals surface area contributed by atoms with Crippen LogP contribution in [0, 0.1) is 13.8 Å². The molecule has 78 valence electrons. The van der Waals surface area contributed by atoms with Gasteiger partial charge in [-0.05, 0) is 31.9 Å². The van der Waals surface area contributed by atoms with Gasteiger partial charge in [-0.3, -0.25) is 4.84 Å². The first-order valence-corrected chi connectivity index (χ1v) is 4.74. The second-order valence-corrected chi connectivity index (χ2v) is 3.24. The lowest BCUT2D eigenvalue weighted by molar-refractivity contribution is 0.121. The predicted molar refractivity (Wildman–Crippen MR) is 56.1 cm³/mol. The van der Waals surface area contributed by atoms with Crippen LogP contribution in [0.5, 0.6) is 5.75 Å². The zero-order valence-corrected chi connectivity index (χ0v) is 8.96. The third-order valence-corrected chi connectivity index (χ3v) is 2.29. The Bertz CT molecular complexity index is 310. The average molecular weight is 195 g/mol. The largest absolute Gasteiger partial charge is 0.493 e. The maximum Gasteiger partial charge on any atom is 0.128 e. The van der Waals surface area contributed by atoms with Gasteiger partial charge in [0.05, 0.1) is 13.2 Å². The van der Waals surface area contributed by atoms with Gasteiger partial charge in [0.25, 0.3) is 0 Å². The number of rotatable bonds is 4. The minimum atomic E-state index is 0.385. The minimum absolute atomic E-state index is 0.385. The summed E-state index contributed by atoms with van der Waals surface area (Å²) < 4.78 is 5.57. The number of hydrogen-bond donors (Lipinski definition) is 1. The summed E-state index contributed by atoms with van der Waals surface area (Å²) in [7, 11) is 0. The lowest BCUT2D eigenvalue weighted by Crippen LogP contribution is -2.04. The van der Waals surface area contributed by atoms with E-state index in [4.69, 9.17) is 10.6 Å². The van der Waals surface area contributed by atoms with Crippen molar-refractivity contribution in [2.24, 2.45) is 5.90 Å². The summed E-state index contributed by atoms with van der Waals surface area (Å²) in [4.78, 5) is 4.63. The molecule has 0 aliphatic carbocycles. The molecule has 2 N–H and O–H groups in total. The summed E-state index contributed by atoms with van der Waals surface area (Å²) in [5.74, 6) is 5.96. The Balaban J connectivity index is 3.08. The van der Waals surface area contributed by atoms with Gasteiger partial charge >= 0.3 is 0 Å². The van der Waals surface area contributed by atoms with E-state index in [1.54, 1.807) is 0 Å². The Morgan fingerprint density at radius 3 is 2.57 bits per heavy atom. The zero-order chi connectivity index (χ0) is 10.6. The third-order valence-electron chi connectivity index (χ3n) is 2.29. The third kappa shape index (κ3) is 2.25. The number of ether oxygens (including phenoxy) is 1. The molecule has 0 bridgehead atoms. The molecule has 0 atom stereocenters. The van der Waals surface area contributed by atoms with Crippen molar-refractivity contribution in [1.29, 1.82) is 0 Å². The first-order valence-electron chi connectivity index (χ1n) is 4.74. The minimum Gasteiger partial charge on any atom is -0.493 e. The Morgan fingerprint density at radius 2 is 2.00 bits per heavy atom. The first kappa shape index (κ1) is 11.0. The molecule has 1 aromatic carbocycles. The molecule has 1 aromatic rings. The predicted octanol–water partition coefficient (Wildman–Crippen LogP) is 2.09. The van der Waals surface area contributed by atoms with E-state index in [-0.39, 0.29) is 0 Å². The van der Waals surface area contributed by atoms with Crippen LogP contribution in [0.25, 0.3) is 0 Å². The van der Waals surface area contributed by atoms with Gasteiger partial charge < -0.3 is 4.74 Å². The fourth-order valence-corrected chi connectivity index (χ4v) is 1.39. The first-order chi connectivity index (χ1) is 6.70. The summed E-state index contributed by atoms with van der Waals surface area (Å²) >= 11 is 0. The molecule has 0 spiro atoms. The summed E-state index contributed by atoms with van der Waals surface area (Å²) in [6.07, 6.45) is 0. The van der Waals surface area contributed by atoms with E-state index in [0.717, 1.165) is 16.9 Å². The standard InChI is InChI=1S/C11H17NO2/c1-4-13-11-9(3)8(2)5-6-10(11)7-14-12/h5-6H,4,7,12H2,1-3H3. The smallest absolute Gasteiger partial charge is 0.128 e. The summed E-state index contributed by atoms with van der Waals surface area (Å²) in [5.41, 5.74) is 3.37. The lowest BCUT2D eigenvalue weighted by Gasteiger charge is -2.14. The summed E-state index contributed by atoms with van der Waals surface area (Å²) in [6.45, 7) is 7.11. The highest BCUT2D eigenvalue weighted by Gasteiger charge is 2.08. The molecule has 14 heavy (non-hydrogen) atoms. The Hall–Kier alpha value is -1.06. The van der Waals surface area contributed by atoms with Gasteiger partial charge in [-0.25, -0.2) is 5.90 Å². The maximum absolute atomic E-state index is 5.57. The second-order valence-electron chi connectivity index (χ2n) is 3.24. The number of aryl methyl sites for hydroxylation is 1. The van der Waals surface area contributed by atoms with Crippen molar-refractivity contribution in [3.63, 3.8) is 0 Å². The van der Waals surface area contributed by atoms with Crippen molar-refractivity contribution < 1.29 is 9.57 Å². The van der Waals surface area contributed by atoms with Crippen LogP contribution in [0.2, 0.25) is 0 Å². The molecule has 3 heteroatoms. The van der Waals surface area contributed by atoms with Crippen molar-refractivity contribution in [2.45, 2.75) is 27.4 Å². The van der Waals surface area contributed by atoms with Crippen molar-refractivity contribution >= 4 is 0 Å². The van der Waals surface area contributed by atoms with Crippen LogP contribution in [0.3, 0.4) is 0 Å². The van der Waals surface area contributed by atoms with Crippen LogP contribution in [0.1, 0.15) is 23.6 Å². The fraction of sp³-hybridized carbons (Fsp3) is 0.455. The lowest BCUT2D eigenvalue weighted by atomic mass is 10.0. The fourth-order valence-electron chi connectivity index (χ4n) is 1.39. The Morgan fingerprint density at radius 1 is 1.29 bits per heavy atom. The van der Waals surface area contributed by atoms with Gasteiger partial charge in [-0.1, -0.05) is 12.1 Å². The molecule has 0 heterocycles. The molecule has 3 nitrogen and oxygen atoms in total. The zero-order valence-electron chi connectivity index (χ0n) is 8.96. The SMILES string of the molecule is CCOc1c(CON)ccc(C)c1C. The molecule has 1 rings (SSSR count). The molecule has 0 radical (unpaired) electrons. The van der Waals surface area contributed by atoms with Crippen molar-refractivity contribution in [3.05, 3.63) is 28.8 Å². The highest BCUT2D eigenvalue weighted by molar-refractivity contribution is 5.45. The maximum atomic E-state index is 5.57. The number of nitrogens with two attached hydrogens (primary N) is 1. The Kier molecular flexibility index (Phi) is 3.92. The summed E-state index contributed by atoms with van der Waals surface area (Å²) in [5, 5.41) is 0. The molecule has 0 saturated heterocycles. The molecular weight excluding hydrogens is 178 g/mol. The van der Waals surface area contributed by atoms with Crippen LogP contribution in [0.15, 0.2) is 12.1 Å². The van der Waals surface area contributed by atoms with Gasteiger partial charge in [-0.2, -0.15) is 0 Å². The second kappa shape index (κ2) is 4.98. The van der Waals surface area contributed by atoms with E-state index in [1.165, 1.54) is 5.56 Å². The van der Waals surface area contributed by atoms with Crippen LogP contribution in [0.4, 0.5) is 0 Å². The van der Waals surface area contributed by atoms with Crippen molar-refractivity contribution in [1.82, 2.24) is 0 Å². The average Bonchev–Trinajstić information content (AvgIpc) is 2.18. The van der Waals surface area contributed by atoms with Crippen LogP contribution in [-0.4, -0.2) is 6.61 Å². The molecule has 0 fully saturated rings. The Labute approximate surface area is 84.8 Å². The van der Waals surface area contributed by atoms with E-state index >= 15 is 0 Å². The molecular formula is C11H17NO2. The van der Waals surface area contributed by atoms with Gasteiger partial charge in [-0.15, -0.1) is 0 Å². The van der Waals surface area contributed by atoms with Crippen LogP contribution < -0.4 is 10.6 Å². The molecule has 0 aliphatic rings. The van der Waals surface area contributed by atoms with Crippen molar-refractivity contribution in [3.8, 4) is 5.75 Å². The van der Waals surface area contributed by atoms with E-state index in [9.17, 15) is 0 Å². The molecule has 0 aliphatic heterocycles. The molecule has 0 aromatic heterocycles. The number of benzene rings is 1. The van der Waals surface area contributed by atoms with Crippen LogP contribution >= 0.6 is 0 Å². The molecule has 0 saturated carbocycles. The normalized spacial score (nSPS) is 10.3. The van der Waals surface area contributed by atoms with E-state index in [0.29, 0.717) is 13.2 Å². The molecule has 0 unspecified atom stereocenters. The van der Waals surface area contributed by atoms with E-state index in [1.807, 2.05) is 26.0 Å². The topological polar surface area (TPSA) is 44.5 Å².